The van der Waals surface area contributed by atoms with Crippen molar-refractivity contribution >= 4 is 23.1 Å². The highest BCUT2D eigenvalue weighted by Gasteiger charge is 2.25. The van der Waals surface area contributed by atoms with Crippen LogP contribution in [0.25, 0.3) is 16.9 Å². The topological polar surface area (TPSA) is 89.3 Å². The number of methoxy groups -OCH3 is 1. The highest BCUT2D eigenvalue weighted by molar-refractivity contribution is 5.83. The Morgan fingerprint density at radius 1 is 1.08 bits per heavy atom. The van der Waals surface area contributed by atoms with Crippen molar-refractivity contribution in [3.63, 3.8) is 0 Å². The van der Waals surface area contributed by atoms with E-state index >= 15 is 0 Å². The monoisotopic (exact) mass is 339 g/mol. The van der Waals surface area contributed by atoms with Gasteiger partial charge >= 0.3 is 6.09 Å². The van der Waals surface area contributed by atoms with Crippen molar-refractivity contribution in [2.45, 2.75) is 0 Å². The maximum atomic E-state index is 11.6. The molecule has 0 aliphatic carbocycles. The minimum atomic E-state index is -0.303. The summed E-state index contributed by atoms with van der Waals surface area (Å²) >= 11 is 0. The number of piperazine rings is 1. The largest absolute Gasteiger partial charge is 0.453 e. The number of hydrogen-bond donors (Lipinski definition) is 0. The molecule has 1 aliphatic rings. The van der Waals surface area contributed by atoms with Gasteiger partial charge in [-0.05, 0) is 12.1 Å². The molecule has 3 heterocycles. The summed E-state index contributed by atoms with van der Waals surface area (Å²) in [4.78, 5) is 24.1. The molecule has 9 nitrogen and oxygen atoms in total. The van der Waals surface area contributed by atoms with Gasteiger partial charge in [0.1, 0.15) is 6.33 Å². The average molecular weight is 339 g/mol. The minimum Gasteiger partial charge on any atom is -0.453 e. The first kappa shape index (κ1) is 15.3. The van der Waals surface area contributed by atoms with Crippen molar-refractivity contribution in [2.24, 2.45) is 0 Å². The van der Waals surface area contributed by atoms with Crippen molar-refractivity contribution in [1.29, 1.82) is 0 Å². The number of nitrogens with zero attached hydrogens (tertiary/aromatic N) is 7. The number of aromatic nitrogens is 5. The number of hydrogen-bond acceptors (Lipinski definition) is 7. The molecule has 9 heteroatoms. The van der Waals surface area contributed by atoms with Crippen LogP contribution in [0.3, 0.4) is 0 Å². The molecule has 1 saturated heterocycles. The lowest BCUT2D eigenvalue weighted by Crippen LogP contribution is -2.49. The normalized spacial score (nSPS) is 14.8. The number of benzene rings is 1. The van der Waals surface area contributed by atoms with Crippen molar-refractivity contribution in [1.82, 2.24) is 29.9 Å². The molecule has 3 aromatic rings. The van der Waals surface area contributed by atoms with Crippen LogP contribution in [0.5, 0.6) is 0 Å². The van der Waals surface area contributed by atoms with Crippen LogP contribution in [0.4, 0.5) is 10.6 Å². The predicted molar refractivity (Wildman–Crippen MR) is 90.6 cm³/mol. The van der Waals surface area contributed by atoms with Crippen LogP contribution < -0.4 is 4.90 Å². The molecule has 0 radical (unpaired) electrons. The van der Waals surface area contributed by atoms with E-state index in [9.17, 15) is 4.79 Å². The molecule has 4 rings (SSSR count). The first-order valence-corrected chi connectivity index (χ1v) is 7.97. The van der Waals surface area contributed by atoms with Gasteiger partial charge in [-0.3, -0.25) is 0 Å². The second kappa shape index (κ2) is 6.34. The number of carbonyl (C=O) groups is 1. The van der Waals surface area contributed by atoms with Gasteiger partial charge in [0.25, 0.3) is 0 Å². The molecule has 2 aromatic heterocycles. The zero-order valence-electron chi connectivity index (χ0n) is 13.7. The van der Waals surface area contributed by atoms with Crippen LogP contribution in [-0.2, 0) is 4.74 Å². The Bertz CT molecular complexity index is 888. The summed E-state index contributed by atoms with van der Waals surface area (Å²) < 4.78 is 6.47. The third-order valence-electron chi connectivity index (χ3n) is 4.23. The third kappa shape index (κ3) is 2.73. The van der Waals surface area contributed by atoms with Gasteiger partial charge in [0, 0.05) is 26.2 Å². The van der Waals surface area contributed by atoms with Crippen LogP contribution in [0.1, 0.15) is 0 Å². The van der Waals surface area contributed by atoms with Gasteiger partial charge in [-0.1, -0.05) is 23.4 Å². The lowest BCUT2D eigenvalue weighted by atomic mass is 10.3. The van der Waals surface area contributed by atoms with Crippen LogP contribution in [0.2, 0.25) is 0 Å². The Kier molecular flexibility index (Phi) is 3.88. The van der Waals surface area contributed by atoms with Crippen LogP contribution in [0.15, 0.2) is 36.7 Å². The van der Waals surface area contributed by atoms with Crippen molar-refractivity contribution in [3.05, 3.63) is 36.7 Å². The van der Waals surface area contributed by atoms with E-state index in [4.69, 9.17) is 4.74 Å². The quantitative estimate of drug-likeness (QED) is 0.690. The molecule has 0 bridgehead atoms. The van der Waals surface area contributed by atoms with Gasteiger partial charge in [-0.15, -0.1) is 5.10 Å². The Balaban J connectivity index is 1.64. The standard InChI is InChI=1S/C16H17N7O2/c1-25-16(24)22-9-7-21(8-10-22)14-13-15(18-11-17-14)23(20-19-13)12-5-3-2-4-6-12/h2-6,11H,7-10H2,1H3. The lowest BCUT2D eigenvalue weighted by molar-refractivity contribution is 0.121. The highest BCUT2D eigenvalue weighted by atomic mass is 16.5. The average Bonchev–Trinajstić information content (AvgIpc) is 3.12. The Hall–Kier alpha value is -3.23. The third-order valence-corrected chi connectivity index (χ3v) is 4.23. The molecular weight excluding hydrogens is 322 g/mol. The fourth-order valence-corrected chi connectivity index (χ4v) is 2.94. The molecule has 0 unspecified atom stereocenters. The van der Waals surface area contributed by atoms with Gasteiger partial charge in [-0.25, -0.2) is 14.8 Å². The van der Waals surface area contributed by atoms with Gasteiger partial charge in [0.05, 0.1) is 12.8 Å². The number of fused-ring (bicyclic) bond motifs is 1. The van der Waals surface area contributed by atoms with Gasteiger partial charge in [0.2, 0.25) is 0 Å². The fourth-order valence-electron chi connectivity index (χ4n) is 2.94. The maximum Gasteiger partial charge on any atom is 0.409 e. The molecule has 1 aliphatic heterocycles. The van der Waals surface area contributed by atoms with Crippen molar-refractivity contribution in [2.75, 3.05) is 38.2 Å². The molecule has 1 amide bonds. The molecule has 128 valence electrons. The fraction of sp³-hybridized carbons (Fsp3) is 0.312. The minimum absolute atomic E-state index is 0.303. The smallest absolute Gasteiger partial charge is 0.409 e. The first-order valence-electron chi connectivity index (χ1n) is 7.97. The zero-order valence-corrected chi connectivity index (χ0v) is 13.7. The molecule has 0 spiro atoms. The lowest BCUT2D eigenvalue weighted by Gasteiger charge is -2.34. The summed E-state index contributed by atoms with van der Waals surface area (Å²) in [7, 11) is 1.39. The van der Waals surface area contributed by atoms with E-state index in [0.29, 0.717) is 37.3 Å². The Labute approximate surface area is 143 Å². The molecule has 0 saturated carbocycles. The Morgan fingerprint density at radius 3 is 2.56 bits per heavy atom. The molecule has 25 heavy (non-hydrogen) atoms. The van der Waals surface area contributed by atoms with Crippen molar-refractivity contribution in [3.8, 4) is 5.69 Å². The summed E-state index contributed by atoms with van der Waals surface area (Å²) in [5, 5.41) is 8.51. The number of carbonyl (C=O) groups excluding carboxylic acids is 1. The Morgan fingerprint density at radius 2 is 1.84 bits per heavy atom. The van der Waals surface area contributed by atoms with E-state index in [1.807, 2.05) is 30.3 Å². The van der Waals surface area contributed by atoms with Gasteiger partial charge < -0.3 is 14.5 Å². The van der Waals surface area contributed by atoms with Crippen LogP contribution in [0, 0.1) is 0 Å². The van der Waals surface area contributed by atoms with E-state index in [1.54, 1.807) is 9.58 Å². The number of para-hydroxylation sites is 1. The number of anilines is 1. The molecular formula is C16H17N7O2. The molecule has 0 atom stereocenters. The summed E-state index contributed by atoms with van der Waals surface area (Å²) in [5.41, 5.74) is 2.20. The van der Waals surface area contributed by atoms with Crippen LogP contribution >= 0.6 is 0 Å². The molecule has 1 aromatic carbocycles. The molecule has 0 N–H and O–H groups in total. The van der Waals surface area contributed by atoms with Gasteiger partial charge in [-0.2, -0.15) is 4.68 Å². The number of ether oxygens (including phenoxy) is 1. The summed E-state index contributed by atoms with van der Waals surface area (Å²) in [5.74, 6) is 0.733. The van der Waals surface area contributed by atoms with E-state index in [0.717, 1.165) is 11.5 Å². The number of amides is 1. The van der Waals surface area contributed by atoms with Crippen molar-refractivity contribution < 1.29 is 9.53 Å². The first-order chi connectivity index (χ1) is 12.3. The van der Waals surface area contributed by atoms with E-state index < -0.39 is 0 Å². The van der Waals surface area contributed by atoms with E-state index in [2.05, 4.69) is 25.2 Å². The highest BCUT2D eigenvalue weighted by Crippen LogP contribution is 2.23. The van der Waals surface area contributed by atoms with E-state index in [1.165, 1.54) is 13.4 Å². The second-order valence-corrected chi connectivity index (χ2v) is 5.65. The zero-order chi connectivity index (χ0) is 17.2. The van der Waals surface area contributed by atoms with Gasteiger partial charge in [0.15, 0.2) is 17.0 Å². The second-order valence-electron chi connectivity index (χ2n) is 5.65. The maximum absolute atomic E-state index is 11.6. The predicted octanol–water partition coefficient (Wildman–Crippen LogP) is 1.10. The summed E-state index contributed by atoms with van der Waals surface area (Å²) in [6.07, 6.45) is 1.22. The van der Waals surface area contributed by atoms with Crippen LogP contribution in [-0.4, -0.2) is 69.2 Å². The SMILES string of the molecule is COC(=O)N1CCN(c2ncnc3c2nnn3-c2ccccc2)CC1. The molecule has 1 fully saturated rings. The summed E-state index contributed by atoms with van der Waals surface area (Å²) in [6.45, 7) is 2.45. The number of rotatable bonds is 2. The summed E-state index contributed by atoms with van der Waals surface area (Å²) in [6, 6.07) is 9.73. The van der Waals surface area contributed by atoms with E-state index in [-0.39, 0.29) is 6.09 Å².